The second-order valence-corrected chi connectivity index (χ2v) is 7.42. The van der Waals surface area contributed by atoms with Gasteiger partial charge in [-0.25, -0.2) is 0 Å². The van der Waals surface area contributed by atoms with Crippen LogP contribution in [-0.4, -0.2) is 27.5 Å². The first-order valence-corrected chi connectivity index (χ1v) is 9.19. The summed E-state index contributed by atoms with van der Waals surface area (Å²) in [5, 5.41) is 31.8. The number of unbranched alkanes of at least 4 members (excludes halogenated alkanes) is 2. The molecule has 0 spiro atoms. The van der Waals surface area contributed by atoms with Gasteiger partial charge in [-0.2, -0.15) is 0 Å². The molecule has 3 nitrogen and oxygen atoms in total. The molecule has 0 aromatic rings. The van der Waals surface area contributed by atoms with Crippen LogP contribution in [0.3, 0.4) is 0 Å². The predicted octanol–water partition coefficient (Wildman–Crippen LogP) is 4.59. The molecule has 0 saturated heterocycles. The Morgan fingerprint density at radius 1 is 1.25 bits per heavy atom. The molecule has 0 aliphatic heterocycles. The van der Waals surface area contributed by atoms with Gasteiger partial charge in [-0.05, 0) is 57.1 Å². The Morgan fingerprint density at radius 3 is 2.58 bits per heavy atom. The molecule has 0 amide bonds. The summed E-state index contributed by atoms with van der Waals surface area (Å²) in [7, 11) is 0. The van der Waals surface area contributed by atoms with Crippen LogP contribution >= 0.6 is 0 Å². The maximum absolute atomic E-state index is 10.7. The second kappa shape index (κ2) is 8.17. The Hall–Kier alpha value is -1.32. The fraction of sp³-hybridized carbons (Fsp3) is 0.619. The fourth-order valence-electron chi connectivity index (χ4n) is 3.96. The van der Waals surface area contributed by atoms with Gasteiger partial charge in [-0.15, -0.1) is 0 Å². The number of rotatable bonds is 6. The van der Waals surface area contributed by atoms with Crippen molar-refractivity contribution < 1.29 is 15.3 Å². The van der Waals surface area contributed by atoms with Gasteiger partial charge in [0.25, 0.3) is 0 Å². The smallest absolute Gasteiger partial charge is 0.132 e. The molecular formula is C21H32O3. The molecule has 0 radical (unpaired) electrons. The van der Waals surface area contributed by atoms with Crippen molar-refractivity contribution in [2.24, 2.45) is 11.8 Å². The highest BCUT2D eigenvalue weighted by Crippen LogP contribution is 2.42. The van der Waals surface area contributed by atoms with Crippen LogP contribution in [0.2, 0.25) is 0 Å². The fourth-order valence-corrected chi connectivity index (χ4v) is 3.96. The van der Waals surface area contributed by atoms with Crippen molar-refractivity contribution >= 4 is 0 Å². The van der Waals surface area contributed by atoms with E-state index in [1.807, 2.05) is 6.92 Å². The molecule has 0 bridgehead atoms. The molecular weight excluding hydrogens is 300 g/mol. The minimum absolute atomic E-state index is 0.0568. The summed E-state index contributed by atoms with van der Waals surface area (Å²) in [6, 6.07) is 0. The summed E-state index contributed by atoms with van der Waals surface area (Å²) in [4.78, 5) is 0. The van der Waals surface area contributed by atoms with E-state index in [2.05, 4.69) is 26.5 Å². The first kappa shape index (κ1) is 19.0. The average Bonchev–Trinajstić information content (AvgIpc) is 2.52. The molecule has 0 saturated carbocycles. The molecule has 0 aromatic heterocycles. The molecule has 2 aliphatic rings. The second-order valence-electron chi connectivity index (χ2n) is 7.42. The lowest BCUT2D eigenvalue weighted by atomic mass is 9.70. The van der Waals surface area contributed by atoms with Crippen LogP contribution in [0.1, 0.15) is 59.3 Å². The topological polar surface area (TPSA) is 60.7 Å². The Kier molecular flexibility index (Phi) is 6.47. The predicted molar refractivity (Wildman–Crippen MR) is 98.7 cm³/mol. The van der Waals surface area contributed by atoms with Crippen molar-refractivity contribution in [3.63, 3.8) is 0 Å². The normalized spacial score (nSPS) is 30.9. The van der Waals surface area contributed by atoms with Gasteiger partial charge in [-0.1, -0.05) is 43.6 Å². The van der Waals surface area contributed by atoms with Crippen LogP contribution in [0.5, 0.6) is 0 Å². The lowest BCUT2D eigenvalue weighted by Crippen LogP contribution is -2.33. The number of hydrogen-bond donors (Lipinski definition) is 3. The SMILES string of the molecule is C=C(C)C1CCC(C)=CC1C1=C(O)C(O)C(CCCCC)=CC1O. The van der Waals surface area contributed by atoms with Gasteiger partial charge < -0.3 is 15.3 Å². The summed E-state index contributed by atoms with van der Waals surface area (Å²) in [6.07, 6.45) is 7.89. The van der Waals surface area contributed by atoms with Crippen LogP contribution in [0.4, 0.5) is 0 Å². The van der Waals surface area contributed by atoms with Crippen molar-refractivity contribution in [3.05, 3.63) is 46.8 Å². The number of aliphatic hydroxyl groups is 3. The number of hydrogen-bond acceptors (Lipinski definition) is 3. The highest BCUT2D eigenvalue weighted by Gasteiger charge is 2.37. The van der Waals surface area contributed by atoms with Gasteiger partial charge in [0.1, 0.15) is 11.9 Å². The van der Waals surface area contributed by atoms with Crippen molar-refractivity contribution in [1.82, 2.24) is 0 Å². The molecule has 2 rings (SSSR count). The lowest BCUT2D eigenvalue weighted by molar-refractivity contribution is 0.144. The van der Waals surface area contributed by atoms with Crippen molar-refractivity contribution in [1.29, 1.82) is 0 Å². The Bertz CT molecular complexity index is 568. The van der Waals surface area contributed by atoms with Crippen molar-refractivity contribution in [2.75, 3.05) is 0 Å². The van der Waals surface area contributed by atoms with Gasteiger partial charge >= 0.3 is 0 Å². The van der Waals surface area contributed by atoms with E-state index in [4.69, 9.17) is 0 Å². The van der Waals surface area contributed by atoms with E-state index in [1.165, 1.54) is 5.57 Å². The van der Waals surface area contributed by atoms with E-state index in [1.54, 1.807) is 6.08 Å². The summed E-state index contributed by atoms with van der Waals surface area (Å²) in [5.74, 6) is 0.0516. The lowest BCUT2D eigenvalue weighted by Gasteiger charge is -2.36. The first-order chi connectivity index (χ1) is 11.4. The molecule has 0 heterocycles. The molecule has 4 unspecified atom stereocenters. The van der Waals surface area contributed by atoms with Crippen LogP contribution in [-0.2, 0) is 0 Å². The van der Waals surface area contributed by atoms with E-state index in [-0.39, 0.29) is 17.6 Å². The molecule has 0 aromatic carbocycles. The van der Waals surface area contributed by atoms with Crippen molar-refractivity contribution in [2.45, 2.75) is 71.5 Å². The monoisotopic (exact) mass is 332 g/mol. The van der Waals surface area contributed by atoms with E-state index in [0.717, 1.165) is 43.3 Å². The summed E-state index contributed by atoms with van der Waals surface area (Å²) < 4.78 is 0. The molecule has 24 heavy (non-hydrogen) atoms. The third kappa shape index (κ3) is 4.01. The van der Waals surface area contributed by atoms with Crippen LogP contribution in [0, 0.1) is 11.8 Å². The van der Waals surface area contributed by atoms with Gasteiger partial charge in [0, 0.05) is 11.5 Å². The Morgan fingerprint density at radius 2 is 1.96 bits per heavy atom. The third-order valence-corrected chi connectivity index (χ3v) is 5.40. The van der Waals surface area contributed by atoms with Crippen LogP contribution < -0.4 is 0 Å². The Balaban J connectivity index is 2.29. The van der Waals surface area contributed by atoms with Crippen LogP contribution in [0.25, 0.3) is 0 Å². The minimum atomic E-state index is -0.985. The van der Waals surface area contributed by atoms with E-state index < -0.39 is 12.2 Å². The quantitative estimate of drug-likeness (QED) is 0.492. The zero-order valence-electron chi connectivity index (χ0n) is 15.3. The molecule has 134 valence electrons. The Labute approximate surface area is 146 Å². The summed E-state index contributed by atoms with van der Waals surface area (Å²) >= 11 is 0. The maximum atomic E-state index is 10.7. The van der Waals surface area contributed by atoms with Crippen molar-refractivity contribution in [3.8, 4) is 0 Å². The van der Waals surface area contributed by atoms with Gasteiger partial charge in [-0.3, -0.25) is 0 Å². The standard InChI is InChI=1S/C21H32O3/c1-5-6-7-8-15-12-18(22)19(21(24)20(15)23)17-11-14(4)9-10-16(17)13(2)3/h11-12,16-18,20,22-24H,2,5-10H2,1,3-4H3. The highest BCUT2D eigenvalue weighted by atomic mass is 16.3. The van der Waals surface area contributed by atoms with Gasteiger partial charge in [0.15, 0.2) is 0 Å². The molecule has 3 N–H and O–H groups in total. The van der Waals surface area contributed by atoms with Crippen LogP contribution in [0.15, 0.2) is 46.8 Å². The van der Waals surface area contributed by atoms with Gasteiger partial charge in [0.05, 0.1) is 6.10 Å². The molecule has 4 atom stereocenters. The van der Waals surface area contributed by atoms with E-state index in [9.17, 15) is 15.3 Å². The largest absolute Gasteiger partial charge is 0.509 e. The molecule has 0 fully saturated rings. The van der Waals surface area contributed by atoms with E-state index in [0.29, 0.717) is 12.0 Å². The zero-order chi connectivity index (χ0) is 17.9. The minimum Gasteiger partial charge on any atom is -0.509 e. The average molecular weight is 332 g/mol. The zero-order valence-corrected chi connectivity index (χ0v) is 15.3. The maximum Gasteiger partial charge on any atom is 0.132 e. The highest BCUT2D eigenvalue weighted by molar-refractivity contribution is 5.40. The molecule has 2 aliphatic carbocycles. The van der Waals surface area contributed by atoms with Gasteiger partial charge in [0.2, 0.25) is 0 Å². The number of aliphatic hydroxyl groups excluding tert-OH is 3. The number of allylic oxidation sites excluding steroid dienone is 3. The summed E-state index contributed by atoms with van der Waals surface area (Å²) in [6.45, 7) is 10.3. The molecule has 3 heteroatoms. The van der Waals surface area contributed by atoms with E-state index >= 15 is 0 Å². The summed E-state index contributed by atoms with van der Waals surface area (Å²) in [5.41, 5.74) is 3.61. The first-order valence-electron chi connectivity index (χ1n) is 9.19. The third-order valence-electron chi connectivity index (χ3n) is 5.40.